The maximum atomic E-state index is 11.8. The summed E-state index contributed by atoms with van der Waals surface area (Å²) in [4.78, 5) is 10.6. The summed E-state index contributed by atoms with van der Waals surface area (Å²) in [6.45, 7) is 6.12. The van der Waals surface area contributed by atoms with E-state index in [0.29, 0.717) is 5.56 Å². The van der Waals surface area contributed by atoms with E-state index >= 15 is 0 Å². The first-order valence-corrected chi connectivity index (χ1v) is 8.20. The van der Waals surface area contributed by atoms with Crippen molar-refractivity contribution in [3.63, 3.8) is 0 Å². The van der Waals surface area contributed by atoms with Crippen molar-refractivity contribution in [1.82, 2.24) is 0 Å². The Kier molecular flexibility index (Phi) is 8.02. The molecule has 0 spiro atoms. The second-order valence-corrected chi connectivity index (χ2v) is 6.43. The van der Waals surface area contributed by atoms with E-state index in [1.165, 1.54) is 69.0 Å². The van der Waals surface area contributed by atoms with Crippen LogP contribution in [0.25, 0.3) is 6.08 Å². The van der Waals surface area contributed by atoms with Crippen molar-refractivity contribution in [3.05, 3.63) is 35.9 Å². The highest BCUT2D eigenvalue weighted by Crippen LogP contribution is 2.27. The average molecular weight is 342 g/mol. The largest absolute Gasteiger partial charge is 0.573 e. The normalized spacial score (nSPS) is 21.1. The number of rotatable bonds is 3. The molecule has 1 aliphatic carbocycles. The zero-order valence-corrected chi connectivity index (χ0v) is 14.4. The Morgan fingerprint density at radius 3 is 1.88 bits per heavy atom. The van der Waals surface area contributed by atoms with Crippen LogP contribution in [0.5, 0.6) is 5.75 Å². The molecule has 0 atom stereocenters. The predicted molar refractivity (Wildman–Crippen MR) is 89.6 cm³/mol. The molecule has 1 aliphatic rings. The van der Waals surface area contributed by atoms with Gasteiger partial charge in [-0.05, 0) is 42.5 Å². The first-order chi connectivity index (χ1) is 11.2. The topological polar surface area (TPSA) is 26.3 Å². The maximum Gasteiger partial charge on any atom is 0.573 e. The summed E-state index contributed by atoms with van der Waals surface area (Å²) in [5.41, 5.74) is 0.629. The number of carbonyl (C=O) groups excluding carboxylic acids is 1. The molecule has 0 heterocycles. The van der Waals surface area contributed by atoms with E-state index < -0.39 is 6.36 Å². The smallest absolute Gasteiger partial charge is 0.406 e. The van der Waals surface area contributed by atoms with Crippen LogP contribution in [0.4, 0.5) is 13.2 Å². The monoisotopic (exact) mass is 342 g/mol. The van der Waals surface area contributed by atoms with Gasteiger partial charge in [0, 0.05) is 0 Å². The Morgan fingerprint density at radius 1 is 1.04 bits per heavy atom. The van der Waals surface area contributed by atoms with Gasteiger partial charge in [0.15, 0.2) is 5.78 Å². The van der Waals surface area contributed by atoms with Crippen LogP contribution in [0, 0.1) is 11.8 Å². The molecular weight excluding hydrogens is 317 g/mol. The number of benzene rings is 1. The van der Waals surface area contributed by atoms with Gasteiger partial charge < -0.3 is 4.74 Å². The van der Waals surface area contributed by atoms with Crippen molar-refractivity contribution < 1.29 is 22.7 Å². The Bertz CT molecular complexity index is 515. The van der Waals surface area contributed by atoms with Gasteiger partial charge in [-0.3, -0.25) is 4.79 Å². The SMILES string of the molecule is CC(=O)/C=C/c1ccc(OC(F)(F)F)cc1.CC1CCC(C)CC1. The lowest BCUT2D eigenvalue weighted by Crippen LogP contribution is -2.16. The van der Waals surface area contributed by atoms with Crippen LogP contribution in [0.2, 0.25) is 0 Å². The molecule has 1 aromatic carbocycles. The molecule has 2 rings (SSSR count). The van der Waals surface area contributed by atoms with Gasteiger partial charge in [-0.1, -0.05) is 57.7 Å². The van der Waals surface area contributed by atoms with Gasteiger partial charge in [0.1, 0.15) is 5.75 Å². The van der Waals surface area contributed by atoms with Crippen LogP contribution < -0.4 is 4.74 Å². The Labute approximate surface area is 141 Å². The van der Waals surface area contributed by atoms with Gasteiger partial charge in [0.05, 0.1) is 0 Å². The van der Waals surface area contributed by atoms with Gasteiger partial charge in [0.2, 0.25) is 0 Å². The quantitative estimate of drug-likeness (QED) is 0.628. The molecule has 0 N–H and O–H groups in total. The first-order valence-electron chi connectivity index (χ1n) is 8.20. The third-order valence-corrected chi connectivity index (χ3v) is 3.93. The van der Waals surface area contributed by atoms with Crippen LogP contribution in [-0.4, -0.2) is 12.1 Å². The second-order valence-electron chi connectivity index (χ2n) is 6.43. The Balaban J connectivity index is 0.000000300. The van der Waals surface area contributed by atoms with Crippen molar-refractivity contribution in [2.45, 2.75) is 52.8 Å². The lowest BCUT2D eigenvalue weighted by Gasteiger charge is -2.22. The molecule has 0 bridgehead atoms. The van der Waals surface area contributed by atoms with Gasteiger partial charge >= 0.3 is 6.36 Å². The minimum absolute atomic E-state index is 0.129. The summed E-state index contributed by atoms with van der Waals surface area (Å²) in [7, 11) is 0. The zero-order chi connectivity index (χ0) is 18.2. The van der Waals surface area contributed by atoms with Crippen molar-refractivity contribution in [3.8, 4) is 5.75 Å². The van der Waals surface area contributed by atoms with Gasteiger partial charge in [-0.25, -0.2) is 0 Å². The molecule has 1 saturated carbocycles. The number of alkyl halides is 3. The highest BCUT2D eigenvalue weighted by molar-refractivity contribution is 5.91. The third-order valence-electron chi connectivity index (χ3n) is 3.93. The summed E-state index contributed by atoms with van der Waals surface area (Å²) in [5, 5.41) is 0. The fourth-order valence-corrected chi connectivity index (χ4v) is 2.42. The zero-order valence-electron chi connectivity index (χ0n) is 14.4. The van der Waals surface area contributed by atoms with E-state index in [2.05, 4.69) is 18.6 Å². The fraction of sp³-hybridized carbons (Fsp3) is 0.526. The van der Waals surface area contributed by atoms with E-state index in [9.17, 15) is 18.0 Å². The summed E-state index contributed by atoms with van der Waals surface area (Å²) in [5.74, 6) is 1.63. The van der Waals surface area contributed by atoms with Crippen molar-refractivity contribution in [2.75, 3.05) is 0 Å². The van der Waals surface area contributed by atoms with Crippen LogP contribution in [0.3, 0.4) is 0 Å². The Morgan fingerprint density at radius 2 is 1.50 bits per heavy atom. The summed E-state index contributed by atoms with van der Waals surface area (Å²) >= 11 is 0. The molecular formula is C19H25F3O2. The van der Waals surface area contributed by atoms with Gasteiger partial charge in [-0.15, -0.1) is 13.2 Å². The van der Waals surface area contributed by atoms with Crippen molar-refractivity contribution in [2.24, 2.45) is 11.8 Å². The molecule has 5 heteroatoms. The molecule has 24 heavy (non-hydrogen) atoms. The lowest BCUT2D eigenvalue weighted by atomic mass is 9.84. The van der Waals surface area contributed by atoms with Crippen molar-refractivity contribution >= 4 is 11.9 Å². The number of hydrogen-bond acceptors (Lipinski definition) is 2. The highest BCUT2D eigenvalue weighted by atomic mass is 19.4. The predicted octanol–water partition coefficient (Wildman–Crippen LogP) is 6.02. The molecule has 1 aromatic rings. The second kappa shape index (κ2) is 9.50. The van der Waals surface area contributed by atoms with E-state index in [1.54, 1.807) is 0 Å². The fourth-order valence-electron chi connectivity index (χ4n) is 2.42. The van der Waals surface area contributed by atoms with Crippen molar-refractivity contribution in [1.29, 1.82) is 0 Å². The molecule has 2 nitrogen and oxygen atoms in total. The molecule has 0 aromatic heterocycles. The minimum atomic E-state index is -4.68. The number of ether oxygens (including phenoxy) is 1. The Hall–Kier alpha value is -1.78. The lowest BCUT2D eigenvalue weighted by molar-refractivity contribution is -0.274. The summed E-state index contributed by atoms with van der Waals surface area (Å²) in [6, 6.07) is 5.24. The van der Waals surface area contributed by atoms with Crippen LogP contribution in [0.15, 0.2) is 30.3 Å². The van der Waals surface area contributed by atoms with E-state index in [1.807, 2.05) is 0 Å². The number of allylic oxidation sites excluding steroid dienone is 1. The molecule has 0 aliphatic heterocycles. The first kappa shape index (κ1) is 20.3. The summed E-state index contributed by atoms with van der Waals surface area (Å²) in [6.07, 6.45) is 4.06. The van der Waals surface area contributed by atoms with Gasteiger partial charge in [-0.2, -0.15) is 0 Å². The minimum Gasteiger partial charge on any atom is -0.406 e. The molecule has 0 unspecified atom stereocenters. The number of carbonyl (C=O) groups is 1. The molecule has 1 fully saturated rings. The van der Waals surface area contributed by atoms with E-state index in [0.717, 1.165) is 11.8 Å². The molecule has 134 valence electrons. The maximum absolute atomic E-state index is 11.8. The van der Waals surface area contributed by atoms with Gasteiger partial charge in [0.25, 0.3) is 0 Å². The number of hydrogen-bond donors (Lipinski definition) is 0. The standard InChI is InChI=1S/C11H9F3O2.C8H16/c1-8(15)2-3-9-4-6-10(7-5-9)16-11(12,13)14;1-7-3-5-8(2)6-4-7/h2-7H,1H3;7-8H,3-6H2,1-2H3/b3-2+;. The van der Waals surface area contributed by atoms with E-state index in [4.69, 9.17) is 0 Å². The number of halogens is 3. The number of ketones is 1. The highest BCUT2D eigenvalue weighted by Gasteiger charge is 2.30. The summed E-state index contributed by atoms with van der Waals surface area (Å²) < 4.78 is 39.1. The van der Waals surface area contributed by atoms with Crippen LogP contribution >= 0.6 is 0 Å². The molecule has 0 amide bonds. The molecule has 0 saturated heterocycles. The average Bonchev–Trinajstić information content (AvgIpc) is 2.49. The van der Waals surface area contributed by atoms with E-state index in [-0.39, 0.29) is 11.5 Å². The van der Waals surface area contributed by atoms with Crippen LogP contribution in [0.1, 0.15) is 52.0 Å². The third kappa shape index (κ3) is 9.38. The van der Waals surface area contributed by atoms with Crippen LogP contribution in [-0.2, 0) is 4.79 Å². The molecule has 0 radical (unpaired) electrons.